The highest BCUT2D eigenvalue weighted by atomic mass is 79.9. The maximum atomic E-state index is 7.09. The van der Waals surface area contributed by atoms with Crippen molar-refractivity contribution in [1.29, 1.82) is 5.41 Å². The van der Waals surface area contributed by atoms with Crippen LogP contribution in [0.2, 0.25) is 0 Å². The van der Waals surface area contributed by atoms with Gasteiger partial charge in [-0.05, 0) is 12.2 Å². The van der Waals surface area contributed by atoms with E-state index in [1.807, 2.05) is 0 Å². The van der Waals surface area contributed by atoms with Crippen molar-refractivity contribution in [1.82, 2.24) is 0 Å². The summed E-state index contributed by atoms with van der Waals surface area (Å²) in [6, 6.07) is 0. The average molecular weight is 229 g/mol. The molecular weight excluding hydrogens is 220 g/mol. The lowest BCUT2D eigenvalue weighted by molar-refractivity contribution is 1.08. The van der Waals surface area contributed by atoms with Gasteiger partial charge in [-0.1, -0.05) is 39.9 Å². The molecule has 0 spiro atoms. The first-order chi connectivity index (χ1) is 5.70. The fourth-order valence-electron chi connectivity index (χ4n) is 0.395. The third kappa shape index (κ3) is 5.55. The van der Waals surface area contributed by atoms with E-state index in [2.05, 4.69) is 32.8 Å². The van der Waals surface area contributed by atoms with Crippen LogP contribution in [0, 0.1) is 5.41 Å². The number of rotatable bonds is 3. The Kier molecular flexibility index (Phi) is 5.81. The molecule has 0 rings (SSSR count). The minimum Gasteiger partial charge on any atom is -0.305 e. The van der Waals surface area contributed by atoms with Crippen molar-refractivity contribution in [3.63, 3.8) is 0 Å². The molecule has 0 fully saturated rings. The summed E-state index contributed by atoms with van der Waals surface area (Å²) in [5.41, 5.74) is 0. The normalized spacial score (nSPS) is 12.6. The number of allylic oxidation sites excluding steroid dienone is 4. The second-order valence-electron chi connectivity index (χ2n) is 1.72. The summed E-state index contributed by atoms with van der Waals surface area (Å²) >= 11 is 3.21. The number of nitrogens with one attached hydrogen (secondary N) is 1. The summed E-state index contributed by atoms with van der Waals surface area (Å²) in [5, 5.41) is 13.3. The molecule has 0 aromatic heterocycles. The number of amidine groups is 1. The SMILES string of the molecule is C=C/C(Br)=C\C=C\C(=N)N=NN. The van der Waals surface area contributed by atoms with Gasteiger partial charge in [-0.2, -0.15) is 0 Å². The van der Waals surface area contributed by atoms with Gasteiger partial charge in [0.2, 0.25) is 0 Å². The van der Waals surface area contributed by atoms with Gasteiger partial charge < -0.3 is 5.84 Å². The number of hydrogen-bond donors (Lipinski definition) is 2. The summed E-state index contributed by atoms with van der Waals surface area (Å²) in [6.07, 6.45) is 6.47. The van der Waals surface area contributed by atoms with Crippen molar-refractivity contribution in [2.45, 2.75) is 0 Å². The van der Waals surface area contributed by atoms with Crippen LogP contribution in [0.3, 0.4) is 0 Å². The zero-order valence-corrected chi connectivity index (χ0v) is 7.95. The van der Waals surface area contributed by atoms with Crippen LogP contribution >= 0.6 is 15.9 Å². The largest absolute Gasteiger partial charge is 0.305 e. The molecule has 0 aliphatic rings. The minimum absolute atomic E-state index is 0.00175. The van der Waals surface area contributed by atoms with E-state index in [1.165, 1.54) is 6.08 Å². The summed E-state index contributed by atoms with van der Waals surface area (Å²) < 4.78 is 0.830. The molecule has 64 valence electrons. The Hall–Kier alpha value is -1.23. The van der Waals surface area contributed by atoms with Crippen molar-refractivity contribution in [3.05, 3.63) is 35.4 Å². The fourth-order valence-corrected chi connectivity index (χ4v) is 0.547. The van der Waals surface area contributed by atoms with Gasteiger partial charge in [0, 0.05) is 4.48 Å². The first-order valence-corrected chi connectivity index (χ1v) is 3.85. The quantitative estimate of drug-likeness (QED) is 0.191. The Morgan fingerprint density at radius 3 is 2.75 bits per heavy atom. The zero-order valence-electron chi connectivity index (χ0n) is 6.37. The maximum Gasteiger partial charge on any atom is 0.168 e. The molecule has 0 saturated heterocycles. The molecule has 5 heteroatoms. The van der Waals surface area contributed by atoms with Crippen LogP contribution in [0.25, 0.3) is 0 Å². The molecule has 0 atom stereocenters. The van der Waals surface area contributed by atoms with Gasteiger partial charge in [-0.3, -0.25) is 5.41 Å². The molecule has 0 heterocycles. The fraction of sp³-hybridized carbons (Fsp3) is 0. The van der Waals surface area contributed by atoms with Crippen LogP contribution in [0.1, 0.15) is 0 Å². The Morgan fingerprint density at radius 1 is 1.58 bits per heavy atom. The molecule has 3 N–H and O–H groups in total. The number of hydrogen-bond acceptors (Lipinski definition) is 2. The van der Waals surface area contributed by atoms with E-state index in [1.54, 1.807) is 18.2 Å². The summed E-state index contributed by atoms with van der Waals surface area (Å²) in [5.74, 6) is 4.73. The molecule has 0 saturated carbocycles. The molecule has 0 aromatic carbocycles. The summed E-state index contributed by atoms with van der Waals surface area (Å²) in [4.78, 5) is 0. The van der Waals surface area contributed by atoms with Crippen LogP contribution < -0.4 is 5.84 Å². The highest BCUT2D eigenvalue weighted by Crippen LogP contribution is 2.04. The molecule has 0 radical (unpaired) electrons. The molecule has 0 aromatic rings. The minimum atomic E-state index is -0.00175. The van der Waals surface area contributed by atoms with Crippen LogP contribution in [0.5, 0.6) is 0 Å². The van der Waals surface area contributed by atoms with E-state index in [9.17, 15) is 0 Å². The average Bonchev–Trinajstić information content (AvgIpc) is 2.04. The highest BCUT2D eigenvalue weighted by Gasteiger charge is 1.82. The highest BCUT2D eigenvalue weighted by molar-refractivity contribution is 9.11. The molecule has 0 bridgehead atoms. The Morgan fingerprint density at radius 2 is 2.25 bits per heavy atom. The second kappa shape index (κ2) is 6.48. The zero-order chi connectivity index (χ0) is 9.40. The topological polar surface area (TPSA) is 74.6 Å². The van der Waals surface area contributed by atoms with Crippen molar-refractivity contribution in [2.24, 2.45) is 16.2 Å². The lowest BCUT2D eigenvalue weighted by atomic mass is 10.4. The summed E-state index contributed by atoms with van der Waals surface area (Å²) in [7, 11) is 0. The van der Waals surface area contributed by atoms with Gasteiger partial charge in [0.05, 0.1) is 0 Å². The van der Waals surface area contributed by atoms with Gasteiger partial charge in [-0.25, -0.2) is 0 Å². The van der Waals surface area contributed by atoms with E-state index in [0.717, 1.165) is 4.48 Å². The number of halogens is 1. The molecular formula is C7H9BrN4. The summed E-state index contributed by atoms with van der Waals surface area (Å²) in [6.45, 7) is 3.53. The van der Waals surface area contributed by atoms with Crippen LogP contribution in [-0.2, 0) is 0 Å². The molecule has 0 aliphatic heterocycles. The van der Waals surface area contributed by atoms with E-state index in [4.69, 9.17) is 11.3 Å². The van der Waals surface area contributed by atoms with Gasteiger partial charge in [0.1, 0.15) is 0 Å². The van der Waals surface area contributed by atoms with E-state index in [-0.39, 0.29) is 5.84 Å². The van der Waals surface area contributed by atoms with Crippen LogP contribution in [-0.4, -0.2) is 5.84 Å². The number of nitrogens with two attached hydrogens (primary N) is 1. The first-order valence-electron chi connectivity index (χ1n) is 3.06. The van der Waals surface area contributed by atoms with Crippen molar-refractivity contribution in [3.8, 4) is 0 Å². The van der Waals surface area contributed by atoms with E-state index < -0.39 is 0 Å². The standard InChI is InChI=1S/C7H9BrN4/c1-2-6(8)4-3-5-7(9)11-12-10/h2-5H,1H2,(H3,9,10,11)/b5-3+,6-4+. The Labute approximate surface area is 79.2 Å². The smallest absolute Gasteiger partial charge is 0.168 e. The van der Waals surface area contributed by atoms with Gasteiger partial charge in [0.15, 0.2) is 5.84 Å². The molecule has 12 heavy (non-hydrogen) atoms. The lowest BCUT2D eigenvalue weighted by Gasteiger charge is -1.83. The van der Waals surface area contributed by atoms with Crippen LogP contribution in [0.4, 0.5) is 0 Å². The third-order valence-corrected chi connectivity index (χ3v) is 1.46. The Balaban J connectivity index is 4.08. The van der Waals surface area contributed by atoms with Gasteiger partial charge >= 0.3 is 0 Å². The van der Waals surface area contributed by atoms with Crippen molar-refractivity contribution < 1.29 is 0 Å². The monoisotopic (exact) mass is 228 g/mol. The third-order valence-electron chi connectivity index (χ3n) is 0.870. The molecule has 4 nitrogen and oxygen atoms in total. The predicted octanol–water partition coefficient (Wildman–Crippen LogP) is 2.31. The van der Waals surface area contributed by atoms with Crippen molar-refractivity contribution >= 4 is 21.8 Å². The molecule has 0 aliphatic carbocycles. The van der Waals surface area contributed by atoms with Gasteiger partial charge in [0.25, 0.3) is 0 Å². The predicted molar refractivity (Wildman–Crippen MR) is 53.1 cm³/mol. The Bertz CT molecular complexity index is 252. The maximum absolute atomic E-state index is 7.09. The van der Waals surface area contributed by atoms with Crippen LogP contribution in [0.15, 0.2) is 45.7 Å². The van der Waals surface area contributed by atoms with Gasteiger partial charge in [-0.15, -0.1) is 5.11 Å². The van der Waals surface area contributed by atoms with E-state index >= 15 is 0 Å². The molecule has 0 amide bonds. The van der Waals surface area contributed by atoms with E-state index in [0.29, 0.717) is 0 Å². The van der Waals surface area contributed by atoms with Crippen molar-refractivity contribution in [2.75, 3.05) is 0 Å². The number of nitrogens with zero attached hydrogens (tertiary/aromatic N) is 2. The lowest BCUT2D eigenvalue weighted by Crippen LogP contribution is -1.85. The second-order valence-corrected chi connectivity index (χ2v) is 2.63. The molecule has 0 unspecified atom stereocenters. The first kappa shape index (κ1) is 10.8.